The number of fused-ring (bicyclic) bond motifs is 1. The summed E-state index contributed by atoms with van der Waals surface area (Å²) in [5.74, 6) is 0.442. The van der Waals surface area contributed by atoms with Crippen LogP contribution in [0.4, 0.5) is 10.7 Å². The monoisotopic (exact) mass is 291 g/mol. The molecule has 2 N–H and O–H groups in total. The molecule has 0 aliphatic rings. The molecule has 0 spiro atoms. The number of aliphatic hydroxyl groups is 1. The van der Waals surface area contributed by atoms with E-state index in [1.54, 1.807) is 0 Å². The Morgan fingerprint density at radius 2 is 2.14 bits per heavy atom. The summed E-state index contributed by atoms with van der Waals surface area (Å²) >= 11 is 0. The van der Waals surface area contributed by atoms with Crippen molar-refractivity contribution in [1.82, 2.24) is 9.55 Å². The van der Waals surface area contributed by atoms with Gasteiger partial charge in [0.15, 0.2) is 0 Å². The number of imidazole rings is 1. The van der Waals surface area contributed by atoms with Gasteiger partial charge in [0.25, 0.3) is 0 Å². The van der Waals surface area contributed by atoms with Crippen LogP contribution in [-0.4, -0.2) is 26.4 Å². The first-order valence-electron chi connectivity index (χ1n) is 6.94. The summed E-state index contributed by atoms with van der Waals surface area (Å²) in [4.78, 5) is 16.3. The largest absolute Gasteiger partial charge is 0.444 e. The zero-order valence-corrected chi connectivity index (χ0v) is 12.8. The Bertz CT molecular complexity index is 656. The molecule has 0 atom stereocenters. The van der Waals surface area contributed by atoms with Crippen LogP contribution < -0.4 is 5.32 Å². The number of hydrogen-bond donors (Lipinski definition) is 2. The Balaban J connectivity index is 2.33. The highest BCUT2D eigenvalue weighted by Crippen LogP contribution is 2.21. The molecule has 2 rings (SSSR count). The highest BCUT2D eigenvalue weighted by molar-refractivity contribution is 5.87. The Kier molecular flexibility index (Phi) is 4.18. The Morgan fingerprint density at radius 3 is 2.71 bits per heavy atom. The van der Waals surface area contributed by atoms with Crippen LogP contribution in [-0.2, 0) is 17.9 Å². The van der Waals surface area contributed by atoms with Crippen LogP contribution in [0.2, 0.25) is 0 Å². The fourth-order valence-corrected chi connectivity index (χ4v) is 2.08. The summed E-state index contributed by atoms with van der Waals surface area (Å²) < 4.78 is 7.13. The highest BCUT2D eigenvalue weighted by atomic mass is 16.6. The number of ether oxygens (including phenoxy) is 1. The van der Waals surface area contributed by atoms with E-state index in [0.717, 1.165) is 16.6 Å². The van der Waals surface area contributed by atoms with Crippen LogP contribution in [0, 0.1) is 0 Å². The van der Waals surface area contributed by atoms with Gasteiger partial charge in [-0.1, -0.05) is 6.07 Å². The molecule has 0 aliphatic heterocycles. The average molecular weight is 291 g/mol. The molecule has 0 fully saturated rings. The molecule has 0 saturated heterocycles. The predicted octanol–water partition coefficient (Wildman–Crippen LogP) is 2.90. The molecule has 0 saturated carbocycles. The second kappa shape index (κ2) is 5.73. The van der Waals surface area contributed by atoms with Crippen molar-refractivity contribution in [3.63, 3.8) is 0 Å². The zero-order chi connectivity index (χ0) is 15.6. The van der Waals surface area contributed by atoms with E-state index in [1.807, 2.05) is 50.5 Å². The van der Waals surface area contributed by atoms with Gasteiger partial charge in [0.2, 0.25) is 5.95 Å². The molecule has 2 aromatic rings. The van der Waals surface area contributed by atoms with E-state index in [1.165, 1.54) is 0 Å². The summed E-state index contributed by atoms with van der Waals surface area (Å²) in [5.41, 5.74) is 1.86. The second-order valence-corrected chi connectivity index (χ2v) is 5.79. The highest BCUT2D eigenvalue weighted by Gasteiger charge is 2.19. The van der Waals surface area contributed by atoms with Crippen LogP contribution in [0.15, 0.2) is 18.2 Å². The van der Waals surface area contributed by atoms with Gasteiger partial charge in [0.05, 0.1) is 17.6 Å². The smallest absolute Gasteiger partial charge is 0.414 e. The van der Waals surface area contributed by atoms with Gasteiger partial charge in [0, 0.05) is 6.54 Å². The summed E-state index contributed by atoms with van der Waals surface area (Å²) in [5, 5.41) is 11.9. The van der Waals surface area contributed by atoms with Crippen LogP contribution >= 0.6 is 0 Å². The minimum atomic E-state index is -0.558. The number of benzene rings is 1. The van der Waals surface area contributed by atoms with Crippen molar-refractivity contribution in [3.8, 4) is 0 Å². The number of nitrogens with zero attached hydrogens (tertiary/aromatic N) is 2. The molecule has 1 amide bonds. The fourth-order valence-electron chi connectivity index (χ4n) is 2.08. The normalized spacial score (nSPS) is 11.7. The maximum absolute atomic E-state index is 11.9. The molecule has 0 unspecified atom stereocenters. The van der Waals surface area contributed by atoms with Gasteiger partial charge in [-0.2, -0.15) is 0 Å². The van der Waals surface area contributed by atoms with E-state index in [4.69, 9.17) is 4.74 Å². The third-order valence-electron chi connectivity index (χ3n) is 2.92. The number of carbonyl (C=O) groups excluding carboxylic acids is 1. The molecule has 114 valence electrons. The molecule has 0 radical (unpaired) electrons. The average Bonchev–Trinajstić information content (AvgIpc) is 2.71. The second-order valence-electron chi connectivity index (χ2n) is 5.79. The molecule has 6 heteroatoms. The molecular formula is C15H21N3O3. The first kappa shape index (κ1) is 15.3. The van der Waals surface area contributed by atoms with Gasteiger partial charge >= 0.3 is 6.09 Å². The summed E-state index contributed by atoms with van der Waals surface area (Å²) in [6, 6.07) is 5.53. The Labute approximate surface area is 123 Å². The lowest BCUT2D eigenvalue weighted by Crippen LogP contribution is -2.28. The number of amides is 1. The fraction of sp³-hybridized carbons (Fsp3) is 0.467. The molecule has 6 nitrogen and oxygen atoms in total. The van der Waals surface area contributed by atoms with Crippen molar-refractivity contribution in [2.45, 2.75) is 46.4 Å². The Morgan fingerprint density at radius 1 is 1.43 bits per heavy atom. The lowest BCUT2D eigenvalue weighted by Gasteiger charge is -2.19. The maximum atomic E-state index is 11.9. The number of anilines is 1. The number of aromatic nitrogens is 2. The van der Waals surface area contributed by atoms with Gasteiger partial charge < -0.3 is 14.4 Å². The number of carbonyl (C=O) groups is 1. The molecular weight excluding hydrogens is 270 g/mol. The van der Waals surface area contributed by atoms with E-state index < -0.39 is 11.7 Å². The van der Waals surface area contributed by atoms with Crippen molar-refractivity contribution >= 4 is 23.1 Å². The molecule has 1 aromatic heterocycles. The van der Waals surface area contributed by atoms with Crippen molar-refractivity contribution in [2.75, 3.05) is 5.32 Å². The first-order chi connectivity index (χ1) is 9.84. The van der Waals surface area contributed by atoms with Gasteiger partial charge in [-0.3, -0.25) is 5.32 Å². The van der Waals surface area contributed by atoms with E-state index in [9.17, 15) is 9.90 Å². The zero-order valence-electron chi connectivity index (χ0n) is 12.8. The van der Waals surface area contributed by atoms with E-state index in [-0.39, 0.29) is 6.61 Å². The summed E-state index contributed by atoms with van der Waals surface area (Å²) in [6.45, 7) is 8.03. The maximum Gasteiger partial charge on any atom is 0.414 e. The molecule has 1 heterocycles. The minimum absolute atomic E-state index is 0.0379. The molecule has 0 aliphatic carbocycles. The Hall–Kier alpha value is -2.08. The third kappa shape index (κ3) is 3.52. The van der Waals surface area contributed by atoms with E-state index in [2.05, 4.69) is 10.3 Å². The van der Waals surface area contributed by atoms with Crippen molar-refractivity contribution in [1.29, 1.82) is 0 Å². The minimum Gasteiger partial charge on any atom is -0.444 e. The first-order valence-corrected chi connectivity index (χ1v) is 6.94. The van der Waals surface area contributed by atoms with Crippen LogP contribution in [0.5, 0.6) is 0 Å². The van der Waals surface area contributed by atoms with Crippen LogP contribution in [0.1, 0.15) is 33.3 Å². The SMILES string of the molecule is CCn1c(NC(=O)OC(C)(C)C)nc2cc(CO)ccc21. The number of hydrogen-bond acceptors (Lipinski definition) is 4. The number of aliphatic hydroxyl groups excluding tert-OH is 1. The quantitative estimate of drug-likeness (QED) is 0.911. The summed E-state index contributed by atoms with van der Waals surface area (Å²) in [6.07, 6.45) is -0.533. The van der Waals surface area contributed by atoms with Gasteiger partial charge in [-0.25, -0.2) is 9.78 Å². The number of nitrogens with one attached hydrogen (secondary N) is 1. The molecule has 21 heavy (non-hydrogen) atoms. The number of rotatable bonds is 3. The molecule has 1 aromatic carbocycles. The number of aryl methyl sites for hydroxylation is 1. The topological polar surface area (TPSA) is 76.4 Å². The predicted molar refractivity (Wildman–Crippen MR) is 81.2 cm³/mol. The van der Waals surface area contributed by atoms with E-state index >= 15 is 0 Å². The third-order valence-corrected chi connectivity index (χ3v) is 2.92. The van der Waals surface area contributed by atoms with Gasteiger partial charge in [-0.15, -0.1) is 0 Å². The van der Waals surface area contributed by atoms with Crippen LogP contribution in [0.3, 0.4) is 0 Å². The van der Waals surface area contributed by atoms with E-state index in [0.29, 0.717) is 12.5 Å². The summed E-state index contributed by atoms with van der Waals surface area (Å²) in [7, 11) is 0. The van der Waals surface area contributed by atoms with Gasteiger partial charge in [0.1, 0.15) is 5.60 Å². The van der Waals surface area contributed by atoms with Crippen molar-refractivity contribution in [2.24, 2.45) is 0 Å². The standard InChI is InChI=1S/C15H21N3O3/c1-5-18-12-7-6-10(9-19)8-11(12)16-13(18)17-14(20)21-15(2,3)4/h6-8,19H,5,9H2,1-4H3,(H,16,17,20). The van der Waals surface area contributed by atoms with Crippen molar-refractivity contribution in [3.05, 3.63) is 23.8 Å². The molecule has 0 bridgehead atoms. The lowest BCUT2D eigenvalue weighted by molar-refractivity contribution is 0.0634. The van der Waals surface area contributed by atoms with Gasteiger partial charge in [-0.05, 0) is 45.4 Å². The van der Waals surface area contributed by atoms with Crippen molar-refractivity contribution < 1.29 is 14.6 Å². The lowest BCUT2D eigenvalue weighted by atomic mass is 10.2. The van der Waals surface area contributed by atoms with Crippen LogP contribution in [0.25, 0.3) is 11.0 Å².